The van der Waals surface area contributed by atoms with Crippen LogP contribution in [0.15, 0.2) is 36.4 Å². The van der Waals surface area contributed by atoms with Crippen LogP contribution in [-0.2, 0) is 6.54 Å². The summed E-state index contributed by atoms with van der Waals surface area (Å²) in [6.07, 6.45) is 0. The highest BCUT2D eigenvalue weighted by Gasteiger charge is 2.20. The van der Waals surface area contributed by atoms with Crippen LogP contribution in [0.1, 0.15) is 15.9 Å². The second-order valence-corrected chi connectivity index (χ2v) is 5.66. The number of ether oxygens (including phenoxy) is 2. The topological polar surface area (TPSA) is 108 Å². The van der Waals surface area contributed by atoms with Crippen LogP contribution in [-0.4, -0.2) is 31.1 Å². The molecule has 1 aliphatic rings. The number of benzene rings is 2. The van der Waals surface area contributed by atoms with Gasteiger partial charge in [0.1, 0.15) is 18.9 Å². The molecule has 0 radical (unpaired) electrons. The Bertz CT molecular complexity index is 837. The zero-order chi connectivity index (χ0) is 18.0. The van der Waals surface area contributed by atoms with Crippen LogP contribution in [0.3, 0.4) is 0 Å². The largest absolute Gasteiger partial charge is 0.486 e. The van der Waals surface area contributed by atoms with Crippen molar-refractivity contribution in [3.05, 3.63) is 57.6 Å². The Balaban J connectivity index is 1.87. The third kappa shape index (κ3) is 3.47. The molecule has 25 heavy (non-hydrogen) atoms. The Labute approximate surface area is 143 Å². The maximum absolute atomic E-state index is 11.3. The molecule has 2 aromatic carbocycles. The highest BCUT2D eigenvalue weighted by atomic mass is 16.6. The number of fused-ring (bicyclic) bond motifs is 1. The lowest BCUT2D eigenvalue weighted by Crippen LogP contribution is -2.19. The average molecular weight is 343 g/mol. The minimum Gasteiger partial charge on any atom is -0.486 e. The molecule has 8 heteroatoms. The lowest BCUT2D eigenvalue weighted by molar-refractivity contribution is -0.384. The normalized spacial score (nSPS) is 12.5. The van der Waals surface area contributed by atoms with Gasteiger partial charge in [-0.1, -0.05) is 6.07 Å². The number of hydrogen-bond acceptors (Lipinski definition) is 6. The minimum absolute atomic E-state index is 0.100. The molecule has 3 rings (SSSR count). The molecule has 8 nitrogen and oxygen atoms in total. The van der Waals surface area contributed by atoms with Gasteiger partial charge in [0.25, 0.3) is 5.69 Å². The standard InChI is InChI=1S/C17H17N3O5/c1-19(10-11-2-5-15-16(8-11)25-7-6-24-15)13-4-3-12(17(18)21)9-14(13)20(22)23/h2-5,8-9H,6-7,10H2,1H3,(H2,18,21). The molecular formula is C17H17N3O5. The first-order valence-corrected chi connectivity index (χ1v) is 7.63. The fourth-order valence-electron chi connectivity index (χ4n) is 2.69. The van der Waals surface area contributed by atoms with Gasteiger partial charge in [-0.05, 0) is 29.8 Å². The number of amides is 1. The Hall–Kier alpha value is -3.29. The first-order valence-electron chi connectivity index (χ1n) is 7.63. The van der Waals surface area contributed by atoms with Crippen LogP contribution < -0.4 is 20.1 Å². The van der Waals surface area contributed by atoms with Gasteiger partial charge in [-0.2, -0.15) is 0 Å². The van der Waals surface area contributed by atoms with Gasteiger partial charge in [0.05, 0.1) is 4.92 Å². The summed E-state index contributed by atoms with van der Waals surface area (Å²) < 4.78 is 11.0. The molecule has 0 fully saturated rings. The Morgan fingerprint density at radius 1 is 1.20 bits per heavy atom. The van der Waals surface area contributed by atoms with Crippen molar-refractivity contribution >= 4 is 17.3 Å². The summed E-state index contributed by atoms with van der Waals surface area (Å²) in [5, 5.41) is 11.3. The number of nitro groups is 1. The van der Waals surface area contributed by atoms with Crippen LogP contribution in [0.5, 0.6) is 11.5 Å². The number of nitrogens with two attached hydrogens (primary N) is 1. The van der Waals surface area contributed by atoms with Crippen LogP contribution in [0.4, 0.5) is 11.4 Å². The lowest BCUT2D eigenvalue weighted by Gasteiger charge is -2.22. The maximum atomic E-state index is 11.3. The zero-order valence-corrected chi connectivity index (χ0v) is 13.6. The van der Waals surface area contributed by atoms with E-state index >= 15 is 0 Å². The third-order valence-corrected chi connectivity index (χ3v) is 3.89. The van der Waals surface area contributed by atoms with E-state index in [9.17, 15) is 14.9 Å². The number of rotatable bonds is 5. The number of nitro benzene ring substituents is 1. The van der Waals surface area contributed by atoms with Crippen molar-refractivity contribution in [1.82, 2.24) is 0 Å². The summed E-state index contributed by atoms with van der Waals surface area (Å²) in [7, 11) is 1.74. The van der Waals surface area contributed by atoms with E-state index < -0.39 is 10.8 Å². The van der Waals surface area contributed by atoms with E-state index in [4.69, 9.17) is 15.2 Å². The summed E-state index contributed by atoms with van der Waals surface area (Å²) in [4.78, 5) is 23.8. The molecule has 0 atom stereocenters. The second kappa shape index (κ2) is 6.68. The SMILES string of the molecule is CN(Cc1ccc2c(c1)OCCO2)c1ccc(C(N)=O)cc1[N+](=O)[O-]. The monoisotopic (exact) mass is 343 g/mol. The van der Waals surface area contributed by atoms with Gasteiger partial charge in [0, 0.05) is 25.2 Å². The van der Waals surface area contributed by atoms with Crippen molar-refractivity contribution in [3.8, 4) is 11.5 Å². The minimum atomic E-state index is -0.705. The molecule has 0 saturated heterocycles. The van der Waals surface area contributed by atoms with E-state index in [1.54, 1.807) is 11.9 Å². The van der Waals surface area contributed by atoms with Crippen molar-refractivity contribution in [2.75, 3.05) is 25.2 Å². The van der Waals surface area contributed by atoms with E-state index in [-0.39, 0.29) is 11.3 Å². The number of carbonyl (C=O) groups is 1. The highest BCUT2D eigenvalue weighted by Crippen LogP contribution is 2.33. The molecule has 1 heterocycles. The first-order chi connectivity index (χ1) is 12.0. The Kier molecular flexibility index (Phi) is 4.42. The van der Waals surface area contributed by atoms with Gasteiger partial charge in [-0.15, -0.1) is 0 Å². The number of primary amides is 1. The molecule has 2 aromatic rings. The van der Waals surface area contributed by atoms with Crippen molar-refractivity contribution in [3.63, 3.8) is 0 Å². The lowest BCUT2D eigenvalue weighted by atomic mass is 10.1. The average Bonchev–Trinajstić information content (AvgIpc) is 2.60. The summed E-state index contributed by atoms with van der Waals surface area (Å²) >= 11 is 0. The zero-order valence-electron chi connectivity index (χ0n) is 13.6. The van der Waals surface area contributed by atoms with Crippen LogP contribution in [0, 0.1) is 10.1 Å². The summed E-state index contributed by atoms with van der Waals surface area (Å²) in [6.45, 7) is 1.43. The number of nitrogens with zero attached hydrogens (tertiary/aromatic N) is 2. The van der Waals surface area contributed by atoms with E-state index in [1.807, 2.05) is 18.2 Å². The van der Waals surface area contributed by atoms with Crippen molar-refractivity contribution in [1.29, 1.82) is 0 Å². The van der Waals surface area contributed by atoms with Crippen molar-refractivity contribution < 1.29 is 19.2 Å². The van der Waals surface area contributed by atoms with Crippen LogP contribution in [0.25, 0.3) is 0 Å². The second-order valence-electron chi connectivity index (χ2n) is 5.66. The predicted molar refractivity (Wildman–Crippen MR) is 91.2 cm³/mol. The molecule has 1 aliphatic heterocycles. The van der Waals surface area contributed by atoms with Gasteiger partial charge >= 0.3 is 0 Å². The van der Waals surface area contributed by atoms with Gasteiger partial charge in [-0.25, -0.2) is 0 Å². The molecule has 1 amide bonds. The van der Waals surface area contributed by atoms with E-state index in [2.05, 4.69) is 0 Å². The summed E-state index contributed by atoms with van der Waals surface area (Å²) in [6, 6.07) is 9.75. The number of anilines is 1. The maximum Gasteiger partial charge on any atom is 0.293 e. The third-order valence-electron chi connectivity index (χ3n) is 3.89. The predicted octanol–water partition coefficient (Wildman–Crippen LogP) is 2.10. The van der Waals surface area contributed by atoms with E-state index in [1.165, 1.54) is 18.2 Å². The first kappa shape index (κ1) is 16.6. The van der Waals surface area contributed by atoms with Gasteiger partial charge in [0.2, 0.25) is 5.91 Å². The quantitative estimate of drug-likeness (QED) is 0.658. The molecule has 0 saturated carbocycles. The molecule has 0 bridgehead atoms. The van der Waals surface area contributed by atoms with Gasteiger partial charge < -0.3 is 20.1 Å². The van der Waals surface area contributed by atoms with Crippen molar-refractivity contribution in [2.24, 2.45) is 5.73 Å². The summed E-state index contributed by atoms with van der Waals surface area (Å²) in [5.74, 6) is 0.648. The molecular weight excluding hydrogens is 326 g/mol. The van der Waals surface area contributed by atoms with Crippen LogP contribution in [0.2, 0.25) is 0 Å². The smallest absolute Gasteiger partial charge is 0.293 e. The Morgan fingerprint density at radius 2 is 1.92 bits per heavy atom. The van der Waals surface area contributed by atoms with E-state index in [0.717, 1.165) is 5.56 Å². The molecule has 0 aliphatic carbocycles. The summed E-state index contributed by atoms with van der Waals surface area (Å²) in [5.41, 5.74) is 6.44. The van der Waals surface area contributed by atoms with Gasteiger partial charge in [-0.3, -0.25) is 14.9 Å². The van der Waals surface area contributed by atoms with E-state index in [0.29, 0.717) is 36.9 Å². The number of carbonyl (C=O) groups excluding carboxylic acids is 1. The molecule has 0 aromatic heterocycles. The fraction of sp³-hybridized carbons (Fsp3) is 0.235. The Morgan fingerprint density at radius 3 is 2.60 bits per heavy atom. The number of hydrogen-bond donors (Lipinski definition) is 1. The van der Waals surface area contributed by atoms with Crippen molar-refractivity contribution in [2.45, 2.75) is 6.54 Å². The highest BCUT2D eigenvalue weighted by molar-refractivity contribution is 5.94. The van der Waals surface area contributed by atoms with Crippen LogP contribution >= 0.6 is 0 Å². The fourth-order valence-corrected chi connectivity index (χ4v) is 2.69. The molecule has 130 valence electrons. The molecule has 2 N–H and O–H groups in total. The molecule has 0 unspecified atom stereocenters. The molecule has 0 spiro atoms. The van der Waals surface area contributed by atoms with Gasteiger partial charge in [0.15, 0.2) is 11.5 Å².